The van der Waals surface area contributed by atoms with E-state index in [2.05, 4.69) is 20.6 Å². The van der Waals surface area contributed by atoms with Gasteiger partial charge in [0.2, 0.25) is 5.82 Å². The second-order valence-electron chi connectivity index (χ2n) is 4.19. The minimum absolute atomic E-state index is 0.0104. The number of hydrogen-bond donors (Lipinski definition) is 2. The quantitative estimate of drug-likeness (QED) is 0.424. The summed E-state index contributed by atoms with van der Waals surface area (Å²) in [5.41, 5.74) is 0. The van der Waals surface area contributed by atoms with Crippen molar-refractivity contribution in [3.05, 3.63) is 58.6 Å². The minimum Gasteiger partial charge on any atom is -0.504 e. The fourth-order valence-corrected chi connectivity index (χ4v) is 3.49. The first-order valence-electron chi connectivity index (χ1n) is 6.22. The Labute approximate surface area is 133 Å². The monoisotopic (exact) mass is 330 g/mol. The van der Waals surface area contributed by atoms with Crippen molar-refractivity contribution in [1.82, 2.24) is 20.6 Å². The third kappa shape index (κ3) is 3.41. The van der Waals surface area contributed by atoms with E-state index in [-0.39, 0.29) is 17.4 Å². The minimum atomic E-state index is -0.315. The first kappa shape index (κ1) is 14.5. The third-order valence-corrected chi connectivity index (χ3v) is 4.71. The first-order valence-corrected chi connectivity index (χ1v) is 7.92. The fraction of sp³-hybridized carbons (Fsp3) is 0. The Hall–Kier alpha value is -2.45. The molecule has 110 valence electrons. The SMILES string of the molecule is O=C(C=C(O)c1nn[nH]n1)c1cc(Sc2ccccc2)cs1. The number of carbonyl (C=O) groups excluding carboxylic acids is 1. The van der Waals surface area contributed by atoms with Gasteiger partial charge in [-0.05, 0) is 23.4 Å². The molecule has 6 nitrogen and oxygen atoms in total. The molecular weight excluding hydrogens is 320 g/mol. The van der Waals surface area contributed by atoms with Gasteiger partial charge in [-0.15, -0.1) is 21.5 Å². The number of ketones is 1. The summed E-state index contributed by atoms with van der Waals surface area (Å²) < 4.78 is 0. The van der Waals surface area contributed by atoms with Crippen molar-refractivity contribution >= 4 is 34.6 Å². The van der Waals surface area contributed by atoms with E-state index < -0.39 is 0 Å². The van der Waals surface area contributed by atoms with Gasteiger partial charge in [0.15, 0.2) is 11.5 Å². The number of aromatic amines is 1. The standard InChI is InChI=1S/C14H10N4O2S2/c19-11(7-12(20)14-15-17-18-16-14)13-6-10(8-21-13)22-9-4-2-1-3-5-9/h1-8,20H,(H,15,16,17,18). The number of nitrogens with zero attached hydrogens (tertiary/aromatic N) is 3. The molecule has 0 aliphatic rings. The highest BCUT2D eigenvalue weighted by Gasteiger charge is 2.12. The van der Waals surface area contributed by atoms with Crippen LogP contribution in [-0.2, 0) is 0 Å². The molecule has 8 heteroatoms. The molecule has 0 amide bonds. The maximum Gasteiger partial charge on any atom is 0.239 e. The number of aliphatic hydroxyl groups is 1. The van der Waals surface area contributed by atoms with Crippen molar-refractivity contribution in [2.45, 2.75) is 9.79 Å². The number of aromatic nitrogens is 4. The Morgan fingerprint density at radius 3 is 2.82 bits per heavy atom. The lowest BCUT2D eigenvalue weighted by atomic mass is 10.3. The number of aliphatic hydroxyl groups excluding tert-OH is 1. The first-order chi connectivity index (χ1) is 10.7. The van der Waals surface area contributed by atoms with Crippen molar-refractivity contribution in [2.75, 3.05) is 0 Å². The summed E-state index contributed by atoms with van der Waals surface area (Å²) in [4.78, 5) is 14.7. The summed E-state index contributed by atoms with van der Waals surface area (Å²) in [6, 6.07) is 11.7. The zero-order chi connectivity index (χ0) is 15.4. The van der Waals surface area contributed by atoms with Gasteiger partial charge in [0.1, 0.15) is 0 Å². The lowest BCUT2D eigenvalue weighted by Crippen LogP contribution is -1.95. The molecule has 0 radical (unpaired) electrons. The maximum absolute atomic E-state index is 12.1. The van der Waals surface area contributed by atoms with Crippen LogP contribution in [0.5, 0.6) is 0 Å². The molecule has 0 spiro atoms. The topological polar surface area (TPSA) is 91.8 Å². The van der Waals surface area contributed by atoms with Crippen LogP contribution in [0.4, 0.5) is 0 Å². The zero-order valence-corrected chi connectivity index (χ0v) is 12.8. The van der Waals surface area contributed by atoms with Crippen molar-refractivity contribution < 1.29 is 9.90 Å². The van der Waals surface area contributed by atoms with E-state index >= 15 is 0 Å². The normalized spacial score (nSPS) is 11.5. The van der Waals surface area contributed by atoms with Crippen molar-refractivity contribution in [3.8, 4) is 0 Å². The molecule has 2 N–H and O–H groups in total. The Bertz CT molecular complexity index is 797. The van der Waals surface area contributed by atoms with Crippen LogP contribution in [0, 0.1) is 0 Å². The molecule has 2 heterocycles. The van der Waals surface area contributed by atoms with E-state index in [1.807, 2.05) is 35.7 Å². The summed E-state index contributed by atoms with van der Waals surface area (Å²) >= 11 is 2.90. The van der Waals surface area contributed by atoms with Gasteiger partial charge in [-0.2, -0.15) is 5.21 Å². The summed E-state index contributed by atoms with van der Waals surface area (Å²) in [5.74, 6) is -0.625. The molecule has 0 saturated heterocycles. The van der Waals surface area contributed by atoms with Crippen molar-refractivity contribution in [1.29, 1.82) is 0 Å². The largest absolute Gasteiger partial charge is 0.504 e. The molecule has 3 aromatic rings. The molecule has 22 heavy (non-hydrogen) atoms. The van der Waals surface area contributed by atoms with E-state index in [1.54, 1.807) is 17.8 Å². The Balaban J connectivity index is 1.73. The van der Waals surface area contributed by atoms with E-state index in [9.17, 15) is 9.90 Å². The predicted octanol–water partition coefficient (Wildman–Crippen LogP) is 3.19. The van der Waals surface area contributed by atoms with Crippen LogP contribution in [-0.4, -0.2) is 31.5 Å². The van der Waals surface area contributed by atoms with Crippen LogP contribution in [0.1, 0.15) is 15.5 Å². The highest BCUT2D eigenvalue weighted by molar-refractivity contribution is 7.99. The number of thiophene rings is 1. The van der Waals surface area contributed by atoms with Crippen LogP contribution in [0.2, 0.25) is 0 Å². The number of tetrazole rings is 1. The fourth-order valence-electron chi connectivity index (χ4n) is 1.66. The second kappa shape index (κ2) is 6.54. The van der Waals surface area contributed by atoms with Crippen LogP contribution >= 0.6 is 23.1 Å². The van der Waals surface area contributed by atoms with Gasteiger partial charge in [-0.1, -0.05) is 30.0 Å². The van der Waals surface area contributed by atoms with E-state index in [0.717, 1.165) is 15.9 Å². The Morgan fingerprint density at radius 2 is 2.09 bits per heavy atom. The van der Waals surface area contributed by atoms with Gasteiger partial charge in [0, 0.05) is 21.2 Å². The van der Waals surface area contributed by atoms with Gasteiger partial charge in [0.25, 0.3) is 0 Å². The smallest absolute Gasteiger partial charge is 0.239 e. The average Bonchev–Trinajstić information content (AvgIpc) is 3.19. The Kier molecular flexibility index (Phi) is 4.31. The molecule has 0 saturated carbocycles. The molecule has 3 rings (SSSR count). The molecule has 0 fully saturated rings. The van der Waals surface area contributed by atoms with Crippen molar-refractivity contribution in [3.63, 3.8) is 0 Å². The number of benzene rings is 1. The average molecular weight is 330 g/mol. The number of rotatable bonds is 5. The number of hydrogen-bond acceptors (Lipinski definition) is 7. The summed E-state index contributed by atoms with van der Waals surface area (Å²) in [6.45, 7) is 0. The number of nitrogens with one attached hydrogen (secondary N) is 1. The molecule has 0 aliphatic heterocycles. The van der Waals surface area contributed by atoms with E-state index in [1.165, 1.54) is 11.3 Å². The zero-order valence-electron chi connectivity index (χ0n) is 11.1. The molecule has 2 aromatic heterocycles. The molecule has 0 unspecified atom stereocenters. The van der Waals surface area contributed by atoms with Crippen molar-refractivity contribution in [2.24, 2.45) is 0 Å². The lowest BCUT2D eigenvalue weighted by molar-refractivity contribution is 0.104. The molecule has 0 aliphatic carbocycles. The number of allylic oxidation sites excluding steroid dienone is 1. The van der Waals surface area contributed by atoms with Crippen LogP contribution in [0.25, 0.3) is 5.76 Å². The Morgan fingerprint density at radius 1 is 1.27 bits per heavy atom. The predicted molar refractivity (Wildman–Crippen MR) is 84.0 cm³/mol. The molecule has 1 aromatic carbocycles. The number of carbonyl (C=O) groups is 1. The number of H-pyrrole nitrogens is 1. The highest BCUT2D eigenvalue weighted by atomic mass is 32.2. The van der Waals surface area contributed by atoms with Crippen LogP contribution in [0.15, 0.2) is 57.6 Å². The molecule has 0 atom stereocenters. The maximum atomic E-state index is 12.1. The van der Waals surface area contributed by atoms with Crippen LogP contribution in [0.3, 0.4) is 0 Å². The van der Waals surface area contributed by atoms with Gasteiger partial charge in [-0.25, -0.2) is 0 Å². The van der Waals surface area contributed by atoms with Gasteiger partial charge < -0.3 is 5.11 Å². The summed E-state index contributed by atoms with van der Waals surface area (Å²) in [7, 11) is 0. The lowest BCUT2D eigenvalue weighted by Gasteiger charge is -1.96. The van der Waals surface area contributed by atoms with Crippen LogP contribution < -0.4 is 0 Å². The van der Waals surface area contributed by atoms with Gasteiger partial charge in [-0.3, -0.25) is 4.79 Å². The van der Waals surface area contributed by atoms with Gasteiger partial charge >= 0.3 is 0 Å². The highest BCUT2D eigenvalue weighted by Crippen LogP contribution is 2.31. The second-order valence-corrected chi connectivity index (χ2v) is 6.25. The van der Waals surface area contributed by atoms with E-state index in [0.29, 0.717) is 4.88 Å². The molecule has 0 bridgehead atoms. The van der Waals surface area contributed by atoms with E-state index in [4.69, 9.17) is 0 Å². The molecular formula is C14H10N4O2S2. The third-order valence-electron chi connectivity index (χ3n) is 2.64. The summed E-state index contributed by atoms with van der Waals surface area (Å²) in [6.07, 6.45) is 1.09. The summed E-state index contributed by atoms with van der Waals surface area (Å²) in [5, 5.41) is 24.4. The van der Waals surface area contributed by atoms with Gasteiger partial charge in [0.05, 0.1) is 4.88 Å².